The Morgan fingerprint density at radius 2 is 1.91 bits per heavy atom. The molecule has 0 bridgehead atoms. The van der Waals surface area contributed by atoms with Crippen LogP contribution in [0.25, 0.3) is 0 Å². The molecule has 22 heavy (non-hydrogen) atoms. The fourth-order valence-electron chi connectivity index (χ4n) is 3.43. The average Bonchev–Trinajstić information content (AvgIpc) is 3.35. The zero-order valence-corrected chi connectivity index (χ0v) is 14.5. The highest BCUT2D eigenvalue weighted by Gasteiger charge is 2.40. The maximum absolute atomic E-state index is 12.7. The molecule has 2 aliphatic rings. The van der Waals surface area contributed by atoms with Gasteiger partial charge < -0.3 is 4.90 Å². The molecule has 0 aromatic carbocycles. The second-order valence-corrected chi connectivity index (χ2v) is 7.54. The van der Waals surface area contributed by atoms with Gasteiger partial charge in [0.15, 0.2) is 0 Å². The van der Waals surface area contributed by atoms with Crippen LogP contribution in [0.15, 0.2) is 0 Å². The molecule has 0 atom stereocenters. The minimum atomic E-state index is -0.553. The molecule has 2 aliphatic carbocycles. The first-order valence-corrected chi connectivity index (χ1v) is 8.90. The summed E-state index contributed by atoms with van der Waals surface area (Å²) in [6.07, 6.45) is 8.56. The zero-order chi connectivity index (χ0) is 16.2. The Morgan fingerprint density at radius 3 is 2.41 bits per heavy atom. The number of nitrogens with zero attached hydrogens (tertiary/aromatic N) is 3. The van der Waals surface area contributed by atoms with Crippen LogP contribution in [0.4, 0.5) is 0 Å². The molecule has 0 saturated heterocycles. The molecule has 0 aromatic rings. The highest BCUT2D eigenvalue weighted by molar-refractivity contribution is 5.79. The molecule has 2 rings (SSSR count). The van der Waals surface area contributed by atoms with Crippen LogP contribution in [0.2, 0.25) is 0 Å². The molecule has 0 aliphatic heterocycles. The first-order chi connectivity index (χ1) is 10.5. The number of carbonyl (C=O) groups is 1. The molecular formula is C18H31N3O. The minimum absolute atomic E-state index is 0.124. The molecule has 4 nitrogen and oxygen atoms in total. The van der Waals surface area contributed by atoms with E-state index in [0.717, 1.165) is 38.6 Å². The second kappa shape index (κ2) is 7.46. The summed E-state index contributed by atoms with van der Waals surface area (Å²) in [6, 6.07) is 3.05. The first kappa shape index (κ1) is 17.3. The maximum atomic E-state index is 12.7. The molecule has 0 aromatic heterocycles. The molecule has 0 spiro atoms. The van der Waals surface area contributed by atoms with E-state index in [0.29, 0.717) is 18.5 Å². The highest BCUT2D eigenvalue weighted by atomic mass is 16.2. The van der Waals surface area contributed by atoms with Crippen LogP contribution in [-0.2, 0) is 4.79 Å². The van der Waals surface area contributed by atoms with Crippen LogP contribution >= 0.6 is 0 Å². The van der Waals surface area contributed by atoms with Crippen LogP contribution in [0.1, 0.15) is 65.2 Å². The highest BCUT2D eigenvalue weighted by Crippen LogP contribution is 2.33. The number of hydrogen-bond acceptors (Lipinski definition) is 3. The second-order valence-electron chi connectivity index (χ2n) is 7.54. The molecule has 2 saturated carbocycles. The van der Waals surface area contributed by atoms with Crippen molar-refractivity contribution in [3.8, 4) is 6.07 Å². The maximum Gasteiger partial charge on any atom is 0.237 e. The van der Waals surface area contributed by atoms with Crippen LogP contribution in [0.3, 0.4) is 0 Å². The zero-order valence-electron chi connectivity index (χ0n) is 14.5. The molecule has 0 heterocycles. The van der Waals surface area contributed by atoms with Crippen molar-refractivity contribution in [2.45, 2.75) is 76.8 Å². The van der Waals surface area contributed by atoms with Gasteiger partial charge in [-0.2, -0.15) is 5.26 Å². The van der Waals surface area contributed by atoms with Gasteiger partial charge in [0.25, 0.3) is 0 Å². The minimum Gasteiger partial charge on any atom is -0.326 e. The SMILES string of the molecule is CC(C)CCN(CC(=O)N(C)C1(C#N)CCCCC1)C1CC1. The number of hydrogen-bond donors (Lipinski definition) is 0. The monoisotopic (exact) mass is 305 g/mol. The Bertz CT molecular complexity index is 417. The predicted octanol–water partition coefficient (Wildman–Crippen LogP) is 3.18. The topological polar surface area (TPSA) is 47.3 Å². The normalized spacial score (nSPS) is 20.9. The number of amides is 1. The lowest BCUT2D eigenvalue weighted by Crippen LogP contribution is -2.53. The summed E-state index contributed by atoms with van der Waals surface area (Å²) < 4.78 is 0. The Balaban J connectivity index is 1.95. The van der Waals surface area contributed by atoms with E-state index >= 15 is 0 Å². The van der Waals surface area contributed by atoms with E-state index < -0.39 is 5.54 Å². The van der Waals surface area contributed by atoms with Crippen LogP contribution in [-0.4, -0.2) is 47.4 Å². The third kappa shape index (κ3) is 4.23. The molecule has 124 valence electrons. The molecule has 0 N–H and O–H groups in total. The van der Waals surface area contributed by atoms with Gasteiger partial charge in [-0.05, 0) is 44.6 Å². The van der Waals surface area contributed by atoms with E-state index in [1.54, 1.807) is 4.90 Å². The van der Waals surface area contributed by atoms with Gasteiger partial charge in [-0.3, -0.25) is 9.69 Å². The summed E-state index contributed by atoms with van der Waals surface area (Å²) in [6.45, 7) is 5.94. The van der Waals surface area contributed by atoms with Gasteiger partial charge in [0.1, 0.15) is 5.54 Å². The van der Waals surface area contributed by atoms with Crippen LogP contribution in [0.5, 0.6) is 0 Å². The van der Waals surface area contributed by atoms with E-state index in [1.165, 1.54) is 19.3 Å². The lowest BCUT2D eigenvalue weighted by molar-refractivity contribution is -0.136. The van der Waals surface area contributed by atoms with Gasteiger partial charge in [0.05, 0.1) is 12.6 Å². The third-order valence-electron chi connectivity index (χ3n) is 5.30. The molecule has 2 fully saturated rings. The summed E-state index contributed by atoms with van der Waals surface area (Å²) in [4.78, 5) is 16.8. The van der Waals surface area contributed by atoms with Crippen molar-refractivity contribution < 1.29 is 4.79 Å². The Kier molecular flexibility index (Phi) is 5.86. The summed E-state index contributed by atoms with van der Waals surface area (Å²) in [5.74, 6) is 0.789. The smallest absolute Gasteiger partial charge is 0.237 e. The molecular weight excluding hydrogens is 274 g/mol. The summed E-state index contributed by atoms with van der Waals surface area (Å²) in [7, 11) is 1.84. The van der Waals surface area contributed by atoms with Crippen molar-refractivity contribution in [3.05, 3.63) is 0 Å². The molecule has 4 heteroatoms. The lowest BCUT2D eigenvalue weighted by Gasteiger charge is -2.40. The van der Waals surface area contributed by atoms with Crippen molar-refractivity contribution in [2.75, 3.05) is 20.1 Å². The summed E-state index contributed by atoms with van der Waals surface area (Å²) >= 11 is 0. The van der Waals surface area contributed by atoms with Gasteiger partial charge in [0.2, 0.25) is 5.91 Å². The van der Waals surface area contributed by atoms with Crippen molar-refractivity contribution in [1.29, 1.82) is 5.26 Å². The number of likely N-dealkylation sites (N-methyl/N-ethyl adjacent to an activating group) is 1. The van der Waals surface area contributed by atoms with E-state index in [2.05, 4.69) is 24.8 Å². The Morgan fingerprint density at radius 1 is 1.27 bits per heavy atom. The summed E-state index contributed by atoms with van der Waals surface area (Å²) in [5, 5.41) is 9.64. The van der Waals surface area contributed by atoms with Gasteiger partial charge in [-0.1, -0.05) is 33.1 Å². The van der Waals surface area contributed by atoms with Gasteiger partial charge >= 0.3 is 0 Å². The van der Waals surface area contributed by atoms with Gasteiger partial charge in [-0.15, -0.1) is 0 Å². The number of carbonyl (C=O) groups excluding carboxylic acids is 1. The molecule has 0 unspecified atom stereocenters. The lowest BCUT2D eigenvalue weighted by atomic mass is 9.81. The van der Waals surface area contributed by atoms with E-state index in [-0.39, 0.29) is 5.91 Å². The third-order valence-corrected chi connectivity index (χ3v) is 5.30. The summed E-state index contributed by atoms with van der Waals surface area (Å²) in [5.41, 5.74) is -0.553. The Hall–Kier alpha value is -1.08. The van der Waals surface area contributed by atoms with E-state index in [4.69, 9.17) is 0 Å². The standard InChI is InChI=1S/C18H31N3O/c1-15(2)9-12-21(16-7-8-16)13-17(22)20(3)18(14-19)10-5-4-6-11-18/h15-16H,4-13H2,1-3H3. The molecule has 1 amide bonds. The fourth-order valence-corrected chi connectivity index (χ4v) is 3.43. The van der Waals surface area contributed by atoms with Crippen LogP contribution in [0, 0.1) is 17.2 Å². The average molecular weight is 305 g/mol. The van der Waals surface area contributed by atoms with Crippen molar-refractivity contribution in [3.63, 3.8) is 0 Å². The first-order valence-electron chi connectivity index (χ1n) is 8.90. The number of nitriles is 1. The van der Waals surface area contributed by atoms with Crippen LogP contribution < -0.4 is 0 Å². The Labute approximate surface area is 135 Å². The van der Waals surface area contributed by atoms with Crippen molar-refractivity contribution in [2.24, 2.45) is 5.92 Å². The quantitative estimate of drug-likeness (QED) is 0.726. The predicted molar refractivity (Wildman–Crippen MR) is 88.2 cm³/mol. The van der Waals surface area contributed by atoms with Gasteiger partial charge in [-0.25, -0.2) is 0 Å². The fraction of sp³-hybridized carbons (Fsp3) is 0.889. The van der Waals surface area contributed by atoms with E-state index in [9.17, 15) is 10.1 Å². The van der Waals surface area contributed by atoms with E-state index in [1.807, 2.05) is 7.05 Å². The largest absolute Gasteiger partial charge is 0.326 e. The van der Waals surface area contributed by atoms with Crippen molar-refractivity contribution in [1.82, 2.24) is 9.80 Å². The molecule has 0 radical (unpaired) electrons. The van der Waals surface area contributed by atoms with Gasteiger partial charge in [0, 0.05) is 13.1 Å². The number of rotatable bonds is 7. The van der Waals surface area contributed by atoms with Crippen molar-refractivity contribution >= 4 is 5.91 Å².